The molecule has 0 saturated carbocycles. The van der Waals surface area contributed by atoms with E-state index in [0.717, 1.165) is 29.7 Å². The van der Waals surface area contributed by atoms with Crippen LogP contribution in [0.15, 0.2) is 24.3 Å². The molecule has 8 nitrogen and oxygen atoms in total. The number of carbonyl (C=O) groups excluding carboxylic acids is 3. The van der Waals surface area contributed by atoms with Gasteiger partial charge in [-0.05, 0) is 37.0 Å². The predicted molar refractivity (Wildman–Crippen MR) is 113 cm³/mol. The number of hydrogen-bond acceptors (Lipinski definition) is 7. The second-order valence-corrected chi connectivity index (χ2v) is 7.60. The number of fused-ring (bicyclic) bond motifs is 1. The van der Waals surface area contributed by atoms with Crippen LogP contribution < -0.4 is 20.5 Å². The Hall–Kier alpha value is -3.33. The van der Waals surface area contributed by atoms with Gasteiger partial charge in [-0.15, -0.1) is 11.3 Å². The summed E-state index contributed by atoms with van der Waals surface area (Å²) in [4.78, 5) is 37.0. The van der Waals surface area contributed by atoms with Crippen molar-refractivity contribution in [3.63, 3.8) is 0 Å². The first-order valence-corrected chi connectivity index (χ1v) is 10.1. The van der Waals surface area contributed by atoms with Crippen molar-refractivity contribution in [3.05, 3.63) is 45.8 Å². The highest BCUT2D eigenvalue weighted by atomic mass is 32.1. The van der Waals surface area contributed by atoms with Gasteiger partial charge in [0.2, 0.25) is 0 Å². The minimum absolute atomic E-state index is 0.359. The molecule has 0 fully saturated rings. The van der Waals surface area contributed by atoms with Gasteiger partial charge in [0.1, 0.15) is 5.00 Å². The Balaban J connectivity index is 1.59. The van der Waals surface area contributed by atoms with Gasteiger partial charge in [-0.2, -0.15) is 0 Å². The number of esters is 1. The topological polar surface area (TPSA) is 117 Å². The molecular weight excluding hydrogens is 408 g/mol. The zero-order chi connectivity index (χ0) is 21.7. The van der Waals surface area contributed by atoms with Crippen LogP contribution in [0.1, 0.15) is 32.8 Å². The number of amides is 2. The largest absolute Gasteiger partial charge is 0.493 e. The highest BCUT2D eigenvalue weighted by molar-refractivity contribution is 7.17. The van der Waals surface area contributed by atoms with Crippen LogP contribution in [-0.2, 0) is 27.2 Å². The lowest BCUT2D eigenvalue weighted by Gasteiger charge is -2.09. The molecule has 0 unspecified atom stereocenters. The maximum Gasteiger partial charge on any atom is 0.331 e. The fraction of sp³-hybridized carbons (Fsp3) is 0.286. The minimum atomic E-state index is -0.696. The fourth-order valence-electron chi connectivity index (χ4n) is 3.30. The molecule has 3 rings (SSSR count). The molecule has 0 saturated heterocycles. The lowest BCUT2D eigenvalue weighted by atomic mass is 10.1. The Morgan fingerprint density at radius 2 is 2.00 bits per heavy atom. The average molecular weight is 430 g/mol. The molecule has 0 aliphatic heterocycles. The Labute approximate surface area is 177 Å². The normalized spacial score (nSPS) is 12.5. The average Bonchev–Trinajstić information content (AvgIpc) is 3.30. The molecule has 3 N–H and O–H groups in total. The van der Waals surface area contributed by atoms with Crippen molar-refractivity contribution in [3.8, 4) is 11.5 Å². The molecule has 1 aliphatic carbocycles. The number of anilines is 1. The van der Waals surface area contributed by atoms with Gasteiger partial charge in [-0.25, -0.2) is 4.79 Å². The predicted octanol–water partition coefficient (Wildman–Crippen LogP) is 2.55. The highest BCUT2D eigenvalue weighted by Crippen LogP contribution is 2.38. The number of rotatable bonds is 8. The summed E-state index contributed by atoms with van der Waals surface area (Å²) >= 11 is 1.34. The van der Waals surface area contributed by atoms with E-state index in [-0.39, 0.29) is 0 Å². The maximum atomic E-state index is 12.2. The molecule has 2 amide bonds. The zero-order valence-corrected chi connectivity index (χ0v) is 17.5. The van der Waals surface area contributed by atoms with E-state index in [4.69, 9.17) is 19.9 Å². The Morgan fingerprint density at radius 3 is 2.70 bits per heavy atom. The number of benzene rings is 1. The molecular formula is C21H22N2O6S. The van der Waals surface area contributed by atoms with Crippen LogP contribution >= 0.6 is 11.3 Å². The summed E-state index contributed by atoms with van der Waals surface area (Å²) in [5.74, 6) is -0.805. The van der Waals surface area contributed by atoms with Gasteiger partial charge in [0.05, 0.1) is 19.8 Å². The summed E-state index contributed by atoms with van der Waals surface area (Å²) in [6.45, 7) is -0.487. The third kappa shape index (κ3) is 4.62. The lowest BCUT2D eigenvalue weighted by molar-refractivity contribution is -0.142. The number of nitrogens with two attached hydrogens (primary N) is 1. The van der Waals surface area contributed by atoms with E-state index in [9.17, 15) is 14.4 Å². The van der Waals surface area contributed by atoms with Crippen molar-refractivity contribution in [2.45, 2.75) is 19.3 Å². The van der Waals surface area contributed by atoms with Crippen LogP contribution in [0, 0.1) is 0 Å². The molecule has 1 aliphatic rings. The molecule has 1 heterocycles. The monoisotopic (exact) mass is 430 g/mol. The Morgan fingerprint density at radius 1 is 1.20 bits per heavy atom. The van der Waals surface area contributed by atoms with E-state index in [1.165, 1.54) is 37.7 Å². The summed E-state index contributed by atoms with van der Waals surface area (Å²) in [5.41, 5.74) is 7.37. The van der Waals surface area contributed by atoms with Crippen LogP contribution in [-0.4, -0.2) is 38.6 Å². The second-order valence-electron chi connectivity index (χ2n) is 6.50. The van der Waals surface area contributed by atoms with Crippen LogP contribution in [0.25, 0.3) is 6.08 Å². The first-order chi connectivity index (χ1) is 14.4. The Kier molecular flexibility index (Phi) is 6.73. The van der Waals surface area contributed by atoms with Crippen LogP contribution in [0.3, 0.4) is 0 Å². The fourth-order valence-corrected chi connectivity index (χ4v) is 4.61. The van der Waals surface area contributed by atoms with E-state index in [2.05, 4.69) is 5.32 Å². The third-order valence-electron chi connectivity index (χ3n) is 4.60. The van der Waals surface area contributed by atoms with Gasteiger partial charge in [0.15, 0.2) is 18.1 Å². The van der Waals surface area contributed by atoms with Gasteiger partial charge in [0, 0.05) is 16.5 Å². The van der Waals surface area contributed by atoms with Crippen molar-refractivity contribution in [2.75, 3.05) is 26.1 Å². The second kappa shape index (κ2) is 9.45. The SMILES string of the molecule is COc1cccc(C=CC(=O)OCC(=O)Nc2sc3c(c2C(N)=O)CCC3)c1OC. The van der Waals surface area contributed by atoms with Crippen LogP contribution in [0.4, 0.5) is 5.00 Å². The van der Waals surface area contributed by atoms with Gasteiger partial charge in [0.25, 0.3) is 11.8 Å². The summed E-state index contributed by atoms with van der Waals surface area (Å²) in [6.07, 6.45) is 5.31. The van der Waals surface area contributed by atoms with Crippen molar-refractivity contribution < 1.29 is 28.6 Å². The van der Waals surface area contributed by atoms with E-state index in [1.54, 1.807) is 18.2 Å². The van der Waals surface area contributed by atoms with E-state index >= 15 is 0 Å². The van der Waals surface area contributed by atoms with Gasteiger partial charge in [-0.3, -0.25) is 9.59 Å². The van der Waals surface area contributed by atoms with Gasteiger partial charge >= 0.3 is 5.97 Å². The number of methoxy groups -OCH3 is 2. The summed E-state index contributed by atoms with van der Waals surface area (Å²) in [6, 6.07) is 5.24. The minimum Gasteiger partial charge on any atom is -0.493 e. The third-order valence-corrected chi connectivity index (χ3v) is 5.81. The molecule has 0 spiro atoms. The highest BCUT2D eigenvalue weighted by Gasteiger charge is 2.26. The molecule has 9 heteroatoms. The van der Waals surface area contributed by atoms with E-state index < -0.39 is 24.4 Å². The first-order valence-electron chi connectivity index (χ1n) is 9.24. The summed E-state index contributed by atoms with van der Waals surface area (Å²) in [5, 5.41) is 3.03. The zero-order valence-electron chi connectivity index (χ0n) is 16.7. The van der Waals surface area contributed by atoms with Crippen molar-refractivity contribution >= 4 is 40.2 Å². The van der Waals surface area contributed by atoms with E-state index in [0.29, 0.717) is 27.6 Å². The van der Waals surface area contributed by atoms with Crippen molar-refractivity contribution in [1.29, 1.82) is 0 Å². The van der Waals surface area contributed by atoms with Crippen LogP contribution in [0.5, 0.6) is 11.5 Å². The van der Waals surface area contributed by atoms with Crippen molar-refractivity contribution in [2.24, 2.45) is 5.73 Å². The maximum absolute atomic E-state index is 12.2. The molecule has 0 atom stereocenters. The molecule has 0 radical (unpaired) electrons. The van der Waals surface area contributed by atoms with Gasteiger partial charge in [-0.1, -0.05) is 12.1 Å². The number of para-hydroxylation sites is 1. The first kappa shape index (κ1) is 21.4. The standard InChI is InChI=1S/C21H22N2O6S/c1-27-14-7-3-5-12(19(14)28-2)9-10-17(25)29-11-16(24)23-21-18(20(22)26)13-6-4-8-15(13)30-21/h3,5,7,9-10H,4,6,8,11H2,1-2H3,(H2,22,26)(H,23,24). The quantitative estimate of drug-likeness (QED) is 0.491. The lowest BCUT2D eigenvalue weighted by Crippen LogP contribution is -2.22. The number of thiophene rings is 1. The molecule has 2 aromatic rings. The summed E-state index contributed by atoms with van der Waals surface area (Å²) in [7, 11) is 3.02. The molecule has 158 valence electrons. The Bertz CT molecular complexity index is 1010. The number of ether oxygens (including phenoxy) is 3. The number of aryl methyl sites for hydroxylation is 1. The molecule has 1 aromatic heterocycles. The van der Waals surface area contributed by atoms with Gasteiger partial charge < -0.3 is 25.3 Å². The smallest absolute Gasteiger partial charge is 0.331 e. The number of nitrogens with one attached hydrogen (secondary N) is 1. The number of primary amides is 1. The van der Waals surface area contributed by atoms with E-state index in [1.807, 2.05) is 0 Å². The number of carbonyl (C=O) groups is 3. The summed E-state index contributed by atoms with van der Waals surface area (Å²) < 4.78 is 15.5. The molecule has 0 bridgehead atoms. The molecule has 1 aromatic carbocycles. The van der Waals surface area contributed by atoms with Crippen molar-refractivity contribution in [1.82, 2.24) is 0 Å². The number of hydrogen-bond donors (Lipinski definition) is 2. The molecule has 30 heavy (non-hydrogen) atoms. The van der Waals surface area contributed by atoms with Crippen LogP contribution in [0.2, 0.25) is 0 Å².